The molecule has 1 amide bonds. The van der Waals surface area contributed by atoms with Gasteiger partial charge in [0.2, 0.25) is 15.9 Å². The molecule has 1 fully saturated rings. The first kappa shape index (κ1) is 17.9. The predicted molar refractivity (Wildman–Crippen MR) is 98.9 cm³/mol. The Morgan fingerprint density at radius 3 is 2.64 bits per heavy atom. The van der Waals surface area contributed by atoms with Gasteiger partial charge in [0.05, 0.1) is 12.2 Å². The Hall–Kier alpha value is -1.86. The summed E-state index contributed by atoms with van der Waals surface area (Å²) in [6.07, 6.45) is 3.04. The predicted octanol–water partition coefficient (Wildman–Crippen LogP) is 1.60. The van der Waals surface area contributed by atoms with E-state index in [1.807, 2.05) is 42.1 Å². The van der Waals surface area contributed by atoms with E-state index in [2.05, 4.69) is 0 Å². The van der Waals surface area contributed by atoms with Gasteiger partial charge in [0.1, 0.15) is 0 Å². The van der Waals surface area contributed by atoms with E-state index in [0.29, 0.717) is 39.0 Å². The molecule has 1 aromatic heterocycles. The summed E-state index contributed by atoms with van der Waals surface area (Å²) < 4.78 is 27.6. The van der Waals surface area contributed by atoms with Gasteiger partial charge < -0.3 is 9.47 Å². The SMILES string of the molecule is CCS(=O)(=O)N1CCCN(C(=O)Cc2cn(C)c3ccccc23)CC1. The average molecular weight is 363 g/mol. The number of benzene rings is 1. The molecular weight excluding hydrogens is 338 g/mol. The van der Waals surface area contributed by atoms with Crippen LogP contribution in [0, 0.1) is 0 Å². The zero-order valence-corrected chi connectivity index (χ0v) is 15.6. The van der Waals surface area contributed by atoms with Crippen LogP contribution in [0.5, 0.6) is 0 Å². The highest BCUT2D eigenvalue weighted by atomic mass is 32.2. The fraction of sp³-hybridized carbons (Fsp3) is 0.500. The molecule has 1 aromatic carbocycles. The van der Waals surface area contributed by atoms with Crippen LogP contribution in [-0.2, 0) is 28.3 Å². The van der Waals surface area contributed by atoms with E-state index in [0.717, 1.165) is 16.5 Å². The normalized spacial score (nSPS) is 17.0. The minimum Gasteiger partial charge on any atom is -0.350 e. The monoisotopic (exact) mass is 363 g/mol. The molecule has 0 spiro atoms. The third-order valence-electron chi connectivity index (χ3n) is 4.89. The molecule has 1 saturated heterocycles. The highest BCUT2D eigenvalue weighted by Crippen LogP contribution is 2.21. The number of aryl methyl sites for hydroxylation is 1. The van der Waals surface area contributed by atoms with Crippen molar-refractivity contribution in [1.82, 2.24) is 13.8 Å². The van der Waals surface area contributed by atoms with Gasteiger partial charge in [-0.2, -0.15) is 0 Å². The molecule has 0 bridgehead atoms. The van der Waals surface area contributed by atoms with Gasteiger partial charge in [0.15, 0.2) is 0 Å². The first-order valence-corrected chi connectivity index (χ1v) is 10.3. The number of sulfonamides is 1. The number of hydrogen-bond acceptors (Lipinski definition) is 3. The smallest absolute Gasteiger partial charge is 0.227 e. The van der Waals surface area contributed by atoms with Crippen LogP contribution < -0.4 is 0 Å². The minimum atomic E-state index is -3.19. The molecule has 0 N–H and O–H groups in total. The quantitative estimate of drug-likeness (QED) is 0.829. The third kappa shape index (κ3) is 3.72. The lowest BCUT2D eigenvalue weighted by molar-refractivity contribution is -0.130. The fourth-order valence-electron chi connectivity index (χ4n) is 3.45. The van der Waals surface area contributed by atoms with Crippen LogP contribution >= 0.6 is 0 Å². The molecule has 2 aromatic rings. The first-order chi connectivity index (χ1) is 11.9. The van der Waals surface area contributed by atoms with E-state index in [1.54, 1.807) is 11.8 Å². The van der Waals surface area contributed by atoms with Crippen LogP contribution in [-0.4, -0.2) is 60.0 Å². The Labute approximate surface area is 149 Å². The molecular formula is C18H25N3O3S. The number of hydrogen-bond donors (Lipinski definition) is 0. The Bertz CT molecular complexity index is 873. The minimum absolute atomic E-state index is 0.0621. The average Bonchev–Trinajstić information content (AvgIpc) is 2.79. The number of nitrogens with zero attached hydrogens (tertiary/aromatic N) is 3. The van der Waals surface area contributed by atoms with Gasteiger partial charge in [0, 0.05) is 50.3 Å². The second-order valence-corrected chi connectivity index (χ2v) is 8.75. The second-order valence-electron chi connectivity index (χ2n) is 6.49. The summed E-state index contributed by atoms with van der Waals surface area (Å²) in [6.45, 7) is 3.61. The molecule has 6 nitrogen and oxygen atoms in total. The topological polar surface area (TPSA) is 62.6 Å². The summed E-state index contributed by atoms with van der Waals surface area (Å²) >= 11 is 0. The maximum atomic E-state index is 12.7. The summed E-state index contributed by atoms with van der Waals surface area (Å²) in [5, 5.41) is 1.10. The lowest BCUT2D eigenvalue weighted by Crippen LogP contribution is -2.38. The van der Waals surface area contributed by atoms with Gasteiger partial charge in [-0.1, -0.05) is 18.2 Å². The number of rotatable bonds is 4. The Kier molecular flexibility index (Phi) is 5.15. The van der Waals surface area contributed by atoms with Crippen molar-refractivity contribution in [2.75, 3.05) is 31.9 Å². The van der Waals surface area contributed by atoms with Gasteiger partial charge in [-0.15, -0.1) is 0 Å². The molecule has 0 radical (unpaired) electrons. The summed E-state index contributed by atoms with van der Waals surface area (Å²) in [6, 6.07) is 8.06. The maximum Gasteiger partial charge on any atom is 0.227 e. The van der Waals surface area contributed by atoms with Crippen molar-refractivity contribution in [3.8, 4) is 0 Å². The van der Waals surface area contributed by atoms with Crippen molar-refractivity contribution in [2.45, 2.75) is 19.8 Å². The molecule has 136 valence electrons. The Morgan fingerprint density at radius 1 is 1.12 bits per heavy atom. The second kappa shape index (κ2) is 7.17. The lowest BCUT2D eigenvalue weighted by Gasteiger charge is -2.21. The van der Waals surface area contributed by atoms with Crippen LogP contribution in [0.3, 0.4) is 0 Å². The molecule has 3 rings (SSSR count). The van der Waals surface area contributed by atoms with Crippen molar-refractivity contribution < 1.29 is 13.2 Å². The van der Waals surface area contributed by atoms with Crippen LogP contribution in [0.25, 0.3) is 10.9 Å². The summed E-state index contributed by atoms with van der Waals surface area (Å²) in [7, 11) is -1.20. The molecule has 1 aliphatic rings. The zero-order chi connectivity index (χ0) is 18.0. The highest BCUT2D eigenvalue weighted by Gasteiger charge is 2.25. The molecule has 25 heavy (non-hydrogen) atoms. The number of aromatic nitrogens is 1. The lowest BCUT2D eigenvalue weighted by atomic mass is 10.1. The van der Waals surface area contributed by atoms with Crippen LogP contribution in [0.2, 0.25) is 0 Å². The molecule has 1 aliphatic heterocycles. The van der Waals surface area contributed by atoms with Gasteiger partial charge in [0.25, 0.3) is 0 Å². The van der Waals surface area contributed by atoms with Crippen LogP contribution in [0.1, 0.15) is 18.9 Å². The van der Waals surface area contributed by atoms with Crippen molar-refractivity contribution in [1.29, 1.82) is 0 Å². The van der Waals surface area contributed by atoms with Gasteiger partial charge in [-0.25, -0.2) is 12.7 Å². The van der Waals surface area contributed by atoms with Gasteiger partial charge in [-0.3, -0.25) is 4.79 Å². The molecule has 0 aliphatic carbocycles. The maximum absolute atomic E-state index is 12.7. The molecule has 0 unspecified atom stereocenters. The van der Waals surface area contributed by atoms with E-state index in [1.165, 1.54) is 4.31 Å². The zero-order valence-electron chi connectivity index (χ0n) is 14.8. The molecule has 7 heteroatoms. The van der Waals surface area contributed by atoms with Crippen molar-refractivity contribution in [2.24, 2.45) is 7.05 Å². The van der Waals surface area contributed by atoms with Gasteiger partial charge >= 0.3 is 0 Å². The largest absolute Gasteiger partial charge is 0.350 e. The number of amides is 1. The van der Waals surface area contributed by atoms with Crippen molar-refractivity contribution >= 4 is 26.8 Å². The van der Waals surface area contributed by atoms with Crippen LogP contribution in [0.15, 0.2) is 30.5 Å². The van der Waals surface area contributed by atoms with Gasteiger partial charge in [-0.05, 0) is 25.0 Å². The number of para-hydroxylation sites is 1. The van der Waals surface area contributed by atoms with E-state index in [9.17, 15) is 13.2 Å². The first-order valence-electron chi connectivity index (χ1n) is 8.71. The third-order valence-corrected chi connectivity index (χ3v) is 6.77. The number of carbonyl (C=O) groups is 1. The van der Waals surface area contributed by atoms with Crippen molar-refractivity contribution in [3.63, 3.8) is 0 Å². The summed E-state index contributed by atoms with van der Waals surface area (Å²) in [5.74, 6) is 0.170. The summed E-state index contributed by atoms with van der Waals surface area (Å²) in [5.41, 5.74) is 2.13. The number of carbonyl (C=O) groups excluding carboxylic acids is 1. The molecule has 0 atom stereocenters. The molecule has 0 saturated carbocycles. The van der Waals surface area contributed by atoms with E-state index >= 15 is 0 Å². The summed E-state index contributed by atoms with van der Waals surface area (Å²) in [4.78, 5) is 14.5. The van der Waals surface area contributed by atoms with Crippen LogP contribution in [0.4, 0.5) is 0 Å². The highest BCUT2D eigenvalue weighted by molar-refractivity contribution is 7.89. The number of fused-ring (bicyclic) bond motifs is 1. The van der Waals surface area contributed by atoms with Crippen molar-refractivity contribution in [3.05, 3.63) is 36.0 Å². The Balaban J connectivity index is 1.71. The van der Waals surface area contributed by atoms with E-state index in [-0.39, 0.29) is 11.7 Å². The fourth-order valence-corrected chi connectivity index (χ4v) is 4.58. The van der Waals surface area contributed by atoms with E-state index < -0.39 is 10.0 Å². The Morgan fingerprint density at radius 2 is 1.88 bits per heavy atom. The molecule has 2 heterocycles. The standard InChI is InChI=1S/C18H25N3O3S/c1-3-25(23,24)21-10-6-9-20(11-12-21)18(22)13-15-14-19(2)17-8-5-4-7-16(15)17/h4-5,7-8,14H,3,6,9-13H2,1-2H3. The van der Waals surface area contributed by atoms with E-state index in [4.69, 9.17) is 0 Å².